The lowest BCUT2D eigenvalue weighted by molar-refractivity contribution is -0.138. The van der Waals surface area contributed by atoms with Gasteiger partial charge in [-0.05, 0) is 45.5 Å². The third-order valence-electron chi connectivity index (χ3n) is 2.62. The highest BCUT2D eigenvalue weighted by atomic mass is 19.4. The van der Waals surface area contributed by atoms with E-state index in [1.165, 1.54) is 12.1 Å². The van der Waals surface area contributed by atoms with Gasteiger partial charge in [-0.2, -0.15) is 13.2 Å². The van der Waals surface area contributed by atoms with Crippen molar-refractivity contribution in [2.24, 2.45) is 0 Å². The molecule has 1 rings (SSSR count). The molecule has 1 aromatic carbocycles. The number of carbonyl (C=O) groups is 1. The van der Waals surface area contributed by atoms with E-state index in [1.807, 2.05) is 0 Å². The molecule has 0 spiro atoms. The van der Waals surface area contributed by atoms with Crippen LogP contribution in [0, 0.1) is 0 Å². The van der Waals surface area contributed by atoms with Crippen LogP contribution in [-0.4, -0.2) is 25.1 Å². The van der Waals surface area contributed by atoms with E-state index in [1.54, 1.807) is 27.8 Å². The largest absolute Gasteiger partial charge is 0.488 e. The minimum absolute atomic E-state index is 0.00166. The van der Waals surface area contributed by atoms with Crippen LogP contribution in [-0.2, 0) is 17.5 Å². The number of hydrogen-bond acceptors (Lipinski definition) is 3. The van der Waals surface area contributed by atoms with Gasteiger partial charge in [-0.3, -0.25) is 4.79 Å². The smallest absolute Gasteiger partial charge is 0.416 e. The summed E-state index contributed by atoms with van der Waals surface area (Å²) in [5.41, 5.74) is -1.40. The monoisotopic (exact) mass is 318 g/mol. The molecule has 22 heavy (non-hydrogen) atoms. The Morgan fingerprint density at radius 1 is 1.23 bits per heavy atom. The van der Waals surface area contributed by atoms with Crippen molar-refractivity contribution in [3.8, 4) is 5.75 Å². The second kappa shape index (κ2) is 7.00. The van der Waals surface area contributed by atoms with Crippen LogP contribution in [0.25, 0.3) is 0 Å². The Balaban J connectivity index is 2.99. The molecule has 0 unspecified atom stereocenters. The molecule has 0 saturated heterocycles. The van der Waals surface area contributed by atoms with E-state index in [2.05, 4.69) is 10.6 Å². The standard InChI is InChI=1S/C15H21F3N2O2/c1-14(2,3)22-11-6-5-10(8-20-13(21)9-19-4)12(7-11)15(16,17)18/h5-7,19H,8-9H2,1-4H3,(H,20,21). The predicted octanol–water partition coefficient (Wildman–Crippen LogP) is 2.72. The summed E-state index contributed by atoms with van der Waals surface area (Å²) in [5.74, 6) is -0.226. The van der Waals surface area contributed by atoms with E-state index in [9.17, 15) is 18.0 Å². The average molecular weight is 318 g/mol. The lowest BCUT2D eigenvalue weighted by Crippen LogP contribution is -2.32. The summed E-state index contributed by atoms with van der Waals surface area (Å²) in [6.45, 7) is 5.13. The minimum Gasteiger partial charge on any atom is -0.488 e. The van der Waals surface area contributed by atoms with Gasteiger partial charge in [-0.15, -0.1) is 0 Å². The second-order valence-corrected chi connectivity index (χ2v) is 5.84. The van der Waals surface area contributed by atoms with E-state index in [-0.39, 0.29) is 30.3 Å². The Bertz CT molecular complexity index is 522. The number of hydrogen-bond donors (Lipinski definition) is 2. The number of amides is 1. The van der Waals surface area contributed by atoms with Gasteiger partial charge in [0.1, 0.15) is 11.4 Å². The molecule has 0 heterocycles. The molecule has 4 nitrogen and oxygen atoms in total. The first kappa shape index (κ1) is 18.3. The van der Waals surface area contributed by atoms with Crippen LogP contribution in [0.4, 0.5) is 13.2 Å². The van der Waals surface area contributed by atoms with Crippen LogP contribution in [0.2, 0.25) is 0 Å². The number of carbonyl (C=O) groups excluding carboxylic acids is 1. The fourth-order valence-electron chi connectivity index (χ4n) is 1.81. The summed E-state index contributed by atoms with van der Waals surface area (Å²) >= 11 is 0. The third kappa shape index (κ3) is 5.93. The first-order valence-electron chi connectivity index (χ1n) is 6.83. The van der Waals surface area contributed by atoms with Crippen LogP contribution in [0.3, 0.4) is 0 Å². The van der Waals surface area contributed by atoms with Crippen molar-refractivity contribution in [3.05, 3.63) is 29.3 Å². The molecule has 0 saturated carbocycles. The number of benzene rings is 1. The van der Waals surface area contributed by atoms with Gasteiger partial charge in [-0.1, -0.05) is 6.07 Å². The van der Waals surface area contributed by atoms with Crippen LogP contribution < -0.4 is 15.4 Å². The molecule has 2 N–H and O–H groups in total. The van der Waals surface area contributed by atoms with Gasteiger partial charge in [0.05, 0.1) is 12.1 Å². The van der Waals surface area contributed by atoms with Crippen LogP contribution >= 0.6 is 0 Å². The summed E-state index contributed by atoms with van der Waals surface area (Å²) in [7, 11) is 1.58. The Morgan fingerprint density at radius 2 is 1.86 bits per heavy atom. The van der Waals surface area contributed by atoms with Crippen molar-refractivity contribution < 1.29 is 22.7 Å². The average Bonchev–Trinajstić information content (AvgIpc) is 2.34. The predicted molar refractivity (Wildman–Crippen MR) is 77.6 cm³/mol. The molecule has 0 atom stereocenters. The molecule has 1 amide bonds. The highest BCUT2D eigenvalue weighted by molar-refractivity contribution is 5.77. The molecule has 0 aliphatic rings. The first-order chi connectivity index (χ1) is 10.0. The quantitative estimate of drug-likeness (QED) is 0.878. The second-order valence-electron chi connectivity index (χ2n) is 5.84. The number of likely N-dealkylation sites (N-methyl/N-ethyl adjacent to an activating group) is 1. The maximum absolute atomic E-state index is 13.2. The highest BCUT2D eigenvalue weighted by Gasteiger charge is 2.34. The molecule has 0 aliphatic carbocycles. The van der Waals surface area contributed by atoms with Crippen LogP contribution in [0.5, 0.6) is 5.75 Å². The minimum atomic E-state index is -4.51. The topological polar surface area (TPSA) is 50.4 Å². The van der Waals surface area contributed by atoms with E-state index in [0.29, 0.717) is 0 Å². The Kier molecular flexibility index (Phi) is 5.82. The number of rotatable bonds is 5. The molecule has 1 aromatic rings. The summed E-state index contributed by atoms with van der Waals surface area (Å²) in [4.78, 5) is 11.4. The van der Waals surface area contributed by atoms with Gasteiger partial charge < -0.3 is 15.4 Å². The number of nitrogens with one attached hydrogen (secondary N) is 2. The molecule has 0 aromatic heterocycles. The molecule has 124 valence electrons. The Hall–Kier alpha value is -1.76. The van der Waals surface area contributed by atoms with E-state index in [0.717, 1.165) is 6.07 Å². The normalized spacial score (nSPS) is 12.1. The molecule has 0 bridgehead atoms. The number of halogens is 3. The molecule has 7 heteroatoms. The lowest BCUT2D eigenvalue weighted by Gasteiger charge is -2.23. The highest BCUT2D eigenvalue weighted by Crippen LogP contribution is 2.35. The van der Waals surface area contributed by atoms with Crippen molar-refractivity contribution in [2.45, 2.75) is 39.1 Å². The summed E-state index contributed by atoms with van der Waals surface area (Å²) < 4.78 is 44.9. The summed E-state index contributed by atoms with van der Waals surface area (Å²) in [6.07, 6.45) is -4.51. The van der Waals surface area contributed by atoms with Gasteiger partial charge >= 0.3 is 6.18 Å². The molecular weight excluding hydrogens is 297 g/mol. The summed E-state index contributed by atoms with van der Waals surface area (Å²) in [5, 5.41) is 5.07. The maximum Gasteiger partial charge on any atom is 0.416 e. The van der Waals surface area contributed by atoms with Crippen molar-refractivity contribution in [1.82, 2.24) is 10.6 Å². The first-order valence-corrected chi connectivity index (χ1v) is 6.83. The number of ether oxygens (including phenoxy) is 1. The zero-order chi connectivity index (χ0) is 17.0. The zero-order valence-corrected chi connectivity index (χ0v) is 13.1. The lowest BCUT2D eigenvalue weighted by atomic mass is 10.1. The van der Waals surface area contributed by atoms with Crippen molar-refractivity contribution in [2.75, 3.05) is 13.6 Å². The van der Waals surface area contributed by atoms with Gasteiger partial charge in [0.15, 0.2) is 0 Å². The fraction of sp³-hybridized carbons (Fsp3) is 0.533. The van der Waals surface area contributed by atoms with Gasteiger partial charge in [0, 0.05) is 6.54 Å². The van der Waals surface area contributed by atoms with Gasteiger partial charge in [-0.25, -0.2) is 0 Å². The van der Waals surface area contributed by atoms with Gasteiger partial charge in [0.2, 0.25) is 5.91 Å². The van der Waals surface area contributed by atoms with E-state index >= 15 is 0 Å². The number of alkyl halides is 3. The molecular formula is C15H21F3N2O2. The zero-order valence-electron chi connectivity index (χ0n) is 13.1. The molecule has 0 radical (unpaired) electrons. The van der Waals surface area contributed by atoms with Crippen LogP contribution in [0.15, 0.2) is 18.2 Å². The fourth-order valence-corrected chi connectivity index (χ4v) is 1.81. The molecule has 0 aliphatic heterocycles. The Labute approximate surface area is 128 Å². The third-order valence-corrected chi connectivity index (χ3v) is 2.62. The van der Waals surface area contributed by atoms with Crippen molar-refractivity contribution in [1.29, 1.82) is 0 Å². The Morgan fingerprint density at radius 3 is 2.36 bits per heavy atom. The van der Waals surface area contributed by atoms with Crippen molar-refractivity contribution in [3.63, 3.8) is 0 Å². The van der Waals surface area contributed by atoms with Gasteiger partial charge in [0.25, 0.3) is 0 Å². The van der Waals surface area contributed by atoms with E-state index < -0.39 is 17.3 Å². The maximum atomic E-state index is 13.2. The van der Waals surface area contributed by atoms with Crippen molar-refractivity contribution >= 4 is 5.91 Å². The van der Waals surface area contributed by atoms with Crippen LogP contribution in [0.1, 0.15) is 31.9 Å². The summed E-state index contributed by atoms with van der Waals surface area (Å²) in [6, 6.07) is 3.76. The van der Waals surface area contributed by atoms with E-state index in [4.69, 9.17) is 4.74 Å². The molecule has 0 fully saturated rings. The SMILES string of the molecule is CNCC(=O)NCc1ccc(OC(C)(C)C)cc1C(F)(F)F.